The van der Waals surface area contributed by atoms with E-state index in [1.165, 1.54) is 20.3 Å². The normalized spacial score (nSPS) is 12.1. The Morgan fingerprint density at radius 2 is 2.05 bits per heavy atom. The van der Waals surface area contributed by atoms with Crippen molar-refractivity contribution in [2.45, 2.75) is 18.9 Å². The Morgan fingerprint density at radius 3 is 2.53 bits per heavy atom. The van der Waals surface area contributed by atoms with E-state index >= 15 is 0 Å². The fourth-order valence-corrected chi connectivity index (χ4v) is 1.98. The summed E-state index contributed by atoms with van der Waals surface area (Å²) in [4.78, 5) is 10.5. The zero-order chi connectivity index (χ0) is 14.6. The number of carboxylic acid groups (broad SMARTS) is 1. The van der Waals surface area contributed by atoms with Crippen LogP contribution >= 0.6 is 11.6 Å². The molecule has 1 rings (SSSR count). The highest BCUT2D eigenvalue weighted by molar-refractivity contribution is 6.32. The van der Waals surface area contributed by atoms with E-state index in [0.29, 0.717) is 5.56 Å². The van der Waals surface area contributed by atoms with Crippen LogP contribution in [0.15, 0.2) is 6.07 Å². The predicted molar refractivity (Wildman–Crippen MR) is 68.3 cm³/mol. The second-order valence-electron chi connectivity index (χ2n) is 3.87. The number of hydrogen-bond donors (Lipinski definition) is 2. The van der Waals surface area contributed by atoms with Crippen LogP contribution in [0.4, 0.5) is 4.39 Å². The molecular formula is C12H15ClFNO4. The van der Waals surface area contributed by atoms with Gasteiger partial charge in [-0.25, -0.2) is 0 Å². The van der Waals surface area contributed by atoms with Crippen molar-refractivity contribution in [3.63, 3.8) is 0 Å². The maximum Gasteiger partial charge on any atom is 0.303 e. The fourth-order valence-electron chi connectivity index (χ4n) is 1.71. The van der Waals surface area contributed by atoms with Gasteiger partial charge in [-0.2, -0.15) is 4.39 Å². The molecule has 0 saturated heterocycles. The van der Waals surface area contributed by atoms with Crippen LogP contribution < -0.4 is 15.2 Å². The van der Waals surface area contributed by atoms with Crippen molar-refractivity contribution in [1.82, 2.24) is 0 Å². The van der Waals surface area contributed by atoms with E-state index in [2.05, 4.69) is 0 Å². The number of aliphatic carboxylic acids is 1. The van der Waals surface area contributed by atoms with Gasteiger partial charge in [0.05, 0.1) is 19.2 Å². The molecular weight excluding hydrogens is 277 g/mol. The first-order chi connectivity index (χ1) is 8.92. The zero-order valence-electron chi connectivity index (χ0n) is 10.6. The first-order valence-corrected chi connectivity index (χ1v) is 5.87. The molecule has 0 saturated carbocycles. The van der Waals surface area contributed by atoms with Gasteiger partial charge in [0.15, 0.2) is 11.5 Å². The molecule has 1 aromatic carbocycles. The largest absolute Gasteiger partial charge is 0.493 e. The minimum Gasteiger partial charge on any atom is -0.493 e. The monoisotopic (exact) mass is 291 g/mol. The predicted octanol–water partition coefficient (Wildman–Crippen LogP) is 2.36. The topological polar surface area (TPSA) is 81.8 Å². The molecule has 0 bridgehead atoms. The molecule has 1 unspecified atom stereocenters. The Bertz CT molecular complexity index is 481. The van der Waals surface area contributed by atoms with Crippen LogP contribution in [0.25, 0.3) is 0 Å². The molecule has 19 heavy (non-hydrogen) atoms. The van der Waals surface area contributed by atoms with E-state index in [0.717, 1.165) is 0 Å². The minimum absolute atomic E-state index is 0.0570. The van der Waals surface area contributed by atoms with Gasteiger partial charge in [0, 0.05) is 18.0 Å². The molecule has 3 N–H and O–H groups in total. The average molecular weight is 292 g/mol. The Balaban J connectivity index is 3.16. The maximum atomic E-state index is 14.0. The smallest absolute Gasteiger partial charge is 0.303 e. The lowest BCUT2D eigenvalue weighted by Gasteiger charge is -2.18. The van der Waals surface area contributed by atoms with Crippen molar-refractivity contribution < 1.29 is 23.8 Å². The number of ether oxygens (including phenoxy) is 2. The van der Waals surface area contributed by atoms with Gasteiger partial charge in [-0.1, -0.05) is 11.6 Å². The van der Waals surface area contributed by atoms with Gasteiger partial charge < -0.3 is 20.3 Å². The third kappa shape index (κ3) is 3.48. The molecule has 106 valence electrons. The highest BCUT2D eigenvalue weighted by atomic mass is 35.5. The van der Waals surface area contributed by atoms with Crippen molar-refractivity contribution in [1.29, 1.82) is 0 Å². The summed E-state index contributed by atoms with van der Waals surface area (Å²) in [5, 5.41) is 8.68. The Hall–Kier alpha value is -1.53. The fraction of sp³-hybridized carbons (Fsp3) is 0.417. The van der Waals surface area contributed by atoms with Gasteiger partial charge >= 0.3 is 5.97 Å². The Morgan fingerprint density at radius 1 is 1.47 bits per heavy atom. The van der Waals surface area contributed by atoms with E-state index < -0.39 is 17.8 Å². The van der Waals surface area contributed by atoms with Gasteiger partial charge in [0.25, 0.3) is 0 Å². The van der Waals surface area contributed by atoms with Crippen LogP contribution in [-0.2, 0) is 4.79 Å². The molecule has 0 heterocycles. The number of halogens is 2. The van der Waals surface area contributed by atoms with Crippen molar-refractivity contribution in [3.8, 4) is 11.5 Å². The number of rotatable bonds is 6. The van der Waals surface area contributed by atoms with Crippen LogP contribution in [0.3, 0.4) is 0 Å². The third-order valence-electron chi connectivity index (χ3n) is 2.64. The molecule has 7 heteroatoms. The van der Waals surface area contributed by atoms with E-state index in [9.17, 15) is 9.18 Å². The second-order valence-corrected chi connectivity index (χ2v) is 4.27. The molecule has 0 spiro atoms. The molecule has 0 aliphatic heterocycles. The molecule has 0 aliphatic rings. The Labute approximate surface area is 115 Å². The summed E-state index contributed by atoms with van der Waals surface area (Å²) in [7, 11) is 2.58. The lowest BCUT2D eigenvalue weighted by Crippen LogP contribution is -2.14. The zero-order valence-corrected chi connectivity index (χ0v) is 11.3. The summed E-state index contributed by atoms with van der Waals surface area (Å²) in [6.45, 7) is 0. The van der Waals surface area contributed by atoms with Crippen molar-refractivity contribution in [3.05, 3.63) is 22.5 Å². The SMILES string of the molecule is COc1c(Cl)cc(C(N)CCC(=O)O)c(OC)c1F. The molecule has 0 fully saturated rings. The molecule has 0 radical (unpaired) electrons. The van der Waals surface area contributed by atoms with Crippen molar-refractivity contribution in [2.24, 2.45) is 5.73 Å². The summed E-state index contributed by atoms with van der Waals surface area (Å²) in [5.41, 5.74) is 6.15. The lowest BCUT2D eigenvalue weighted by molar-refractivity contribution is -0.137. The highest BCUT2D eigenvalue weighted by Crippen LogP contribution is 2.39. The number of hydrogen-bond acceptors (Lipinski definition) is 4. The number of methoxy groups -OCH3 is 2. The van der Waals surface area contributed by atoms with E-state index in [4.69, 9.17) is 31.9 Å². The summed E-state index contributed by atoms with van der Waals surface area (Å²) in [6, 6.07) is 0.735. The molecule has 0 aromatic heterocycles. The average Bonchev–Trinajstić information content (AvgIpc) is 2.35. The van der Waals surface area contributed by atoms with E-state index in [1.54, 1.807) is 0 Å². The summed E-state index contributed by atoms with van der Waals surface area (Å²) < 4.78 is 23.8. The summed E-state index contributed by atoms with van der Waals surface area (Å²) in [6.07, 6.45) is 0.0172. The van der Waals surface area contributed by atoms with Crippen molar-refractivity contribution in [2.75, 3.05) is 14.2 Å². The molecule has 0 aliphatic carbocycles. The molecule has 5 nitrogen and oxygen atoms in total. The van der Waals surface area contributed by atoms with Crippen LogP contribution in [0.1, 0.15) is 24.4 Å². The number of carbonyl (C=O) groups is 1. The third-order valence-corrected chi connectivity index (χ3v) is 2.92. The molecule has 1 atom stereocenters. The number of nitrogens with two attached hydrogens (primary N) is 1. The summed E-state index contributed by atoms with van der Waals surface area (Å²) in [5.74, 6) is -1.94. The standard InChI is InChI=1S/C12H15ClFNO4/c1-18-11-6(8(15)3-4-9(16)17)5-7(13)12(19-2)10(11)14/h5,8H,3-4,15H2,1-2H3,(H,16,17). The molecule has 1 aromatic rings. The van der Waals surface area contributed by atoms with Crippen LogP contribution in [0.5, 0.6) is 11.5 Å². The van der Waals surface area contributed by atoms with Crippen LogP contribution in [0, 0.1) is 5.82 Å². The highest BCUT2D eigenvalue weighted by Gasteiger charge is 2.22. The minimum atomic E-state index is -0.977. The van der Waals surface area contributed by atoms with Crippen LogP contribution in [-0.4, -0.2) is 25.3 Å². The van der Waals surface area contributed by atoms with Gasteiger partial charge in [0.1, 0.15) is 0 Å². The number of benzene rings is 1. The first-order valence-electron chi connectivity index (χ1n) is 5.49. The maximum absolute atomic E-state index is 14.0. The first kappa shape index (κ1) is 15.5. The van der Waals surface area contributed by atoms with Gasteiger partial charge in [0.2, 0.25) is 5.82 Å². The summed E-state index contributed by atoms with van der Waals surface area (Å²) >= 11 is 5.88. The quantitative estimate of drug-likeness (QED) is 0.841. The van der Waals surface area contributed by atoms with Crippen molar-refractivity contribution >= 4 is 17.6 Å². The van der Waals surface area contributed by atoms with E-state index in [-0.39, 0.29) is 29.4 Å². The van der Waals surface area contributed by atoms with Gasteiger partial charge in [-0.3, -0.25) is 4.79 Å². The van der Waals surface area contributed by atoms with E-state index in [1.807, 2.05) is 0 Å². The lowest BCUT2D eigenvalue weighted by atomic mass is 10.0. The second kappa shape index (κ2) is 6.58. The van der Waals surface area contributed by atoms with Gasteiger partial charge in [-0.15, -0.1) is 0 Å². The van der Waals surface area contributed by atoms with Gasteiger partial charge in [-0.05, 0) is 12.5 Å². The Kier molecular flexibility index (Phi) is 5.38. The molecule has 0 amide bonds. The number of carboxylic acids is 1. The van der Waals surface area contributed by atoms with Crippen LogP contribution in [0.2, 0.25) is 5.02 Å².